The number of amides is 2. The van der Waals surface area contributed by atoms with Crippen molar-refractivity contribution in [3.05, 3.63) is 29.3 Å². The SMILES string of the molecule is CO[C@@H]1CC[C@@H]2CCN(C)C(=O)[C@H](C)CN(C)C(=O)c3cc(C#N)ccc3OC[C@H]1O2. The normalized spacial score (nSPS) is 28.1. The van der Waals surface area contributed by atoms with E-state index in [0.29, 0.717) is 23.4 Å². The average molecular weight is 430 g/mol. The summed E-state index contributed by atoms with van der Waals surface area (Å²) in [7, 11) is 5.10. The van der Waals surface area contributed by atoms with Crippen molar-refractivity contribution in [2.24, 2.45) is 5.92 Å². The number of rotatable bonds is 1. The predicted octanol–water partition coefficient (Wildman–Crippen LogP) is 2.07. The number of nitriles is 1. The summed E-state index contributed by atoms with van der Waals surface area (Å²) >= 11 is 0. The molecule has 0 aromatic heterocycles. The van der Waals surface area contributed by atoms with Crippen LogP contribution >= 0.6 is 0 Å². The van der Waals surface area contributed by atoms with Gasteiger partial charge in [-0.2, -0.15) is 5.26 Å². The maximum absolute atomic E-state index is 13.2. The highest BCUT2D eigenvalue weighted by molar-refractivity contribution is 5.97. The van der Waals surface area contributed by atoms with Crippen molar-refractivity contribution in [2.75, 3.05) is 40.9 Å². The Kier molecular flexibility index (Phi) is 7.52. The summed E-state index contributed by atoms with van der Waals surface area (Å²) in [5.41, 5.74) is 0.667. The second-order valence-electron chi connectivity index (χ2n) is 8.42. The van der Waals surface area contributed by atoms with E-state index in [4.69, 9.17) is 14.2 Å². The van der Waals surface area contributed by atoms with E-state index in [0.717, 1.165) is 19.3 Å². The maximum atomic E-state index is 13.2. The van der Waals surface area contributed by atoms with Crippen molar-refractivity contribution >= 4 is 11.8 Å². The van der Waals surface area contributed by atoms with Crippen LogP contribution in [-0.2, 0) is 14.3 Å². The second-order valence-corrected chi connectivity index (χ2v) is 8.42. The van der Waals surface area contributed by atoms with Crippen molar-refractivity contribution in [3.8, 4) is 11.8 Å². The Morgan fingerprint density at radius 2 is 1.94 bits per heavy atom. The zero-order valence-corrected chi connectivity index (χ0v) is 18.7. The molecule has 0 aliphatic carbocycles. The van der Waals surface area contributed by atoms with Gasteiger partial charge in [-0.05, 0) is 37.5 Å². The zero-order valence-electron chi connectivity index (χ0n) is 18.7. The van der Waals surface area contributed by atoms with Gasteiger partial charge in [0, 0.05) is 34.3 Å². The van der Waals surface area contributed by atoms with Crippen LogP contribution < -0.4 is 4.74 Å². The van der Waals surface area contributed by atoms with E-state index in [-0.39, 0.29) is 49.2 Å². The molecule has 0 radical (unpaired) electrons. The molecule has 31 heavy (non-hydrogen) atoms. The highest BCUT2D eigenvalue weighted by Gasteiger charge is 2.33. The summed E-state index contributed by atoms with van der Waals surface area (Å²) < 4.78 is 17.9. The van der Waals surface area contributed by atoms with Gasteiger partial charge in [0.1, 0.15) is 18.5 Å². The van der Waals surface area contributed by atoms with Gasteiger partial charge in [0.2, 0.25) is 5.91 Å². The molecule has 3 rings (SSSR count). The number of hydrogen-bond acceptors (Lipinski definition) is 6. The first-order valence-electron chi connectivity index (χ1n) is 10.7. The molecule has 0 unspecified atom stereocenters. The van der Waals surface area contributed by atoms with Crippen molar-refractivity contribution < 1.29 is 23.8 Å². The summed E-state index contributed by atoms with van der Waals surface area (Å²) in [6, 6.07) is 6.86. The van der Waals surface area contributed by atoms with Crippen LogP contribution in [0.25, 0.3) is 0 Å². The van der Waals surface area contributed by atoms with Crippen molar-refractivity contribution in [1.82, 2.24) is 9.80 Å². The van der Waals surface area contributed by atoms with Gasteiger partial charge >= 0.3 is 0 Å². The molecule has 2 bridgehead atoms. The molecule has 1 aromatic carbocycles. The van der Waals surface area contributed by atoms with Gasteiger partial charge in [-0.3, -0.25) is 9.59 Å². The number of ether oxygens (including phenoxy) is 3. The Bertz CT molecular complexity index is 852. The lowest BCUT2D eigenvalue weighted by molar-refractivity contribution is -0.146. The number of hydrogen-bond donors (Lipinski definition) is 0. The van der Waals surface area contributed by atoms with Gasteiger partial charge in [-0.1, -0.05) is 6.92 Å². The van der Waals surface area contributed by atoms with Crippen LogP contribution in [0.3, 0.4) is 0 Å². The summed E-state index contributed by atoms with van der Waals surface area (Å²) in [4.78, 5) is 29.2. The molecule has 1 fully saturated rings. The number of methoxy groups -OCH3 is 1. The van der Waals surface area contributed by atoms with Crippen LogP contribution in [0.2, 0.25) is 0 Å². The molecule has 4 atom stereocenters. The molecule has 8 nitrogen and oxygen atoms in total. The molecule has 2 heterocycles. The largest absolute Gasteiger partial charge is 0.490 e. The van der Waals surface area contributed by atoms with Gasteiger partial charge in [0.25, 0.3) is 5.91 Å². The summed E-state index contributed by atoms with van der Waals surface area (Å²) in [6.07, 6.45) is 2.05. The van der Waals surface area contributed by atoms with Crippen LogP contribution in [0.5, 0.6) is 5.75 Å². The molecular formula is C23H31N3O5. The second kappa shape index (κ2) is 10.1. The Morgan fingerprint density at radius 3 is 2.65 bits per heavy atom. The Hall–Kier alpha value is -2.63. The molecule has 1 aromatic rings. The van der Waals surface area contributed by atoms with Gasteiger partial charge in [0.15, 0.2) is 0 Å². The lowest BCUT2D eigenvalue weighted by Gasteiger charge is -2.36. The molecule has 0 spiro atoms. The molecule has 1 saturated heterocycles. The minimum Gasteiger partial charge on any atom is -0.490 e. The Labute approximate surface area is 183 Å². The third kappa shape index (κ3) is 5.35. The topological polar surface area (TPSA) is 92.1 Å². The molecule has 2 aliphatic rings. The molecule has 8 heteroatoms. The number of fused-ring (bicyclic) bond motifs is 3. The number of carbonyl (C=O) groups is 2. The van der Waals surface area contributed by atoms with Crippen molar-refractivity contribution in [3.63, 3.8) is 0 Å². The molecule has 0 N–H and O–H groups in total. The van der Waals surface area contributed by atoms with Gasteiger partial charge in [-0.15, -0.1) is 0 Å². The lowest BCUT2D eigenvalue weighted by Crippen LogP contribution is -2.44. The molecule has 2 amide bonds. The third-order valence-corrected chi connectivity index (χ3v) is 6.08. The smallest absolute Gasteiger partial charge is 0.257 e. The first-order valence-corrected chi connectivity index (χ1v) is 10.7. The van der Waals surface area contributed by atoms with E-state index >= 15 is 0 Å². The first kappa shape index (κ1) is 23.0. The standard InChI is InChI=1S/C23H31N3O5/c1-15-13-26(3)23(28)18-11-16(12-24)5-7-19(18)30-14-21-20(29-4)8-6-17(31-21)9-10-25(2)22(15)27/h5,7,11,15,17,20-21H,6,8-10,13-14H2,1-4H3/t15-,17-,20-,21-/m1/s1. The minimum atomic E-state index is -0.356. The van der Waals surface area contributed by atoms with Crippen molar-refractivity contribution in [1.29, 1.82) is 5.26 Å². The fourth-order valence-corrected chi connectivity index (χ4v) is 4.23. The molecule has 168 valence electrons. The van der Waals surface area contributed by atoms with Gasteiger partial charge < -0.3 is 24.0 Å². The minimum absolute atomic E-state index is 0.0143. The van der Waals surface area contributed by atoms with E-state index in [1.54, 1.807) is 38.2 Å². The fourth-order valence-electron chi connectivity index (χ4n) is 4.23. The van der Waals surface area contributed by atoms with Gasteiger partial charge in [-0.25, -0.2) is 0 Å². The van der Waals surface area contributed by atoms with Gasteiger partial charge in [0.05, 0.1) is 35.3 Å². The Morgan fingerprint density at radius 1 is 1.16 bits per heavy atom. The third-order valence-electron chi connectivity index (χ3n) is 6.08. The van der Waals surface area contributed by atoms with E-state index in [9.17, 15) is 14.9 Å². The summed E-state index contributed by atoms with van der Waals surface area (Å²) in [5, 5.41) is 9.29. The Balaban J connectivity index is 1.94. The zero-order chi connectivity index (χ0) is 22.5. The number of nitrogens with zero attached hydrogens (tertiary/aromatic N) is 3. The highest BCUT2D eigenvalue weighted by Crippen LogP contribution is 2.27. The predicted molar refractivity (Wildman–Crippen MR) is 114 cm³/mol. The van der Waals surface area contributed by atoms with E-state index in [1.165, 1.54) is 11.0 Å². The van der Waals surface area contributed by atoms with E-state index in [1.807, 2.05) is 6.92 Å². The highest BCUT2D eigenvalue weighted by atomic mass is 16.6. The fraction of sp³-hybridized carbons (Fsp3) is 0.609. The summed E-state index contributed by atoms with van der Waals surface area (Å²) in [6.45, 7) is 2.91. The quantitative estimate of drug-likeness (QED) is 0.679. The maximum Gasteiger partial charge on any atom is 0.257 e. The van der Waals surface area contributed by atoms with Crippen LogP contribution in [-0.4, -0.2) is 80.8 Å². The van der Waals surface area contributed by atoms with Crippen LogP contribution in [0.4, 0.5) is 0 Å². The number of benzene rings is 1. The lowest BCUT2D eigenvalue weighted by atomic mass is 9.99. The van der Waals surface area contributed by atoms with Crippen LogP contribution in [0.15, 0.2) is 18.2 Å². The molecule has 0 saturated carbocycles. The first-order chi connectivity index (χ1) is 14.8. The van der Waals surface area contributed by atoms with E-state index < -0.39 is 0 Å². The summed E-state index contributed by atoms with van der Waals surface area (Å²) in [5.74, 6) is -0.276. The van der Waals surface area contributed by atoms with Crippen LogP contribution in [0, 0.1) is 17.2 Å². The molecular weight excluding hydrogens is 398 g/mol. The number of carbonyl (C=O) groups excluding carboxylic acids is 2. The van der Waals surface area contributed by atoms with Crippen LogP contribution in [0.1, 0.15) is 42.1 Å². The molecule has 2 aliphatic heterocycles. The van der Waals surface area contributed by atoms with E-state index in [2.05, 4.69) is 6.07 Å². The monoisotopic (exact) mass is 429 g/mol. The average Bonchev–Trinajstić information content (AvgIpc) is 2.79. The van der Waals surface area contributed by atoms with Crippen molar-refractivity contribution in [2.45, 2.75) is 44.5 Å².